The molecule has 3 rings (SSSR count). The molecule has 0 radical (unpaired) electrons. The first kappa shape index (κ1) is 17.6. The molecular formula is C19H17FN2OS2. The molecule has 3 nitrogen and oxygen atoms in total. The summed E-state index contributed by atoms with van der Waals surface area (Å²) in [4.78, 5) is 16.7. The molecule has 0 spiro atoms. The Bertz CT molecular complexity index is 891. The van der Waals surface area contributed by atoms with E-state index < -0.39 is 0 Å². The predicted molar refractivity (Wildman–Crippen MR) is 102 cm³/mol. The molecule has 0 saturated heterocycles. The van der Waals surface area contributed by atoms with Gasteiger partial charge in [0.2, 0.25) is 0 Å². The van der Waals surface area contributed by atoms with E-state index >= 15 is 0 Å². The van der Waals surface area contributed by atoms with E-state index in [1.54, 1.807) is 48.2 Å². The lowest BCUT2D eigenvalue weighted by atomic mass is 10.1. The molecule has 0 unspecified atom stereocenters. The van der Waals surface area contributed by atoms with E-state index in [9.17, 15) is 9.18 Å². The van der Waals surface area contributed by atoms with Crippen LogP contribution in [0.3, 0.4) is 0 Å². The van der Waals surface area contributed by atoms with Crippen molar-refractivity contribution in [2.75, 3.05) is 5.32 Å². The van der Waals surface area contributed by atoms with Crippen LogP contribution >= 0.6 is 23.1 Å². The first-order valence-electron chi connectivity index (χ1n) is 7.72. The summed E-state index contributed by atoms with van der Waals surface area (Å²) in [6, 6.07) is 11.8. The summed E-state index contributed by atoms with van der Waals surface area (Å²) in [5.41, 5.74) is 4.05. The van der Waals surface area contributed by atoms with Crippen LogP contribution in [0, 0.1) is 19.7 Å². The number of aryl methyl sites for hydroxylation is 2. The monoisotopic (exact) mass is 372 g/mol. The minimum Gasteiger partial charge on any atom is -0.322 e. The summed E-state index contributed by atoms with van der Waals surface area (Å²) in [6.07, 6.45) is 0. The number of halogens is 1. The highest BCUT2D eigenvalue weighted by molar-refractivity contribution is 8.00. The number of benzene rings is 2. The van der Waals surface area contributed by atoms with Gasteiger partial charge in [0.15, 0.2) is 0 Å². The Morgan fingerprint density at radius 2 is 1.96 bits per heavy atom. The van der Waals surface area contributed by atoms with Crippen molar-refractivity contribution in [1.29, 1.82) is 0 Å². The summed E-state index contributed by atoms with van der Waals surface area (Å²) >= 11 is 3.33. The molecule has 25 heavy (non-hydrogen) atoms. The predicted octanol–water partition coefficient (Wildman–Crippen LogP) is 5.44. The Labute approximate surface area is 154 Å². The van der Waals surface area contributed by atoms with Gasteiger partial charge in [-0.05, 0) is 55.3 Å². The van der Waals surface area contributed by atoms with Crippen molar-refractivity contribution in [2.24, 2.45) is 0 Å². The number of hydrogen-bond donors (Lipinski definition) is 1. The second kappa shape index (κ2) is 7.80. The molecular weight excluding hydrogens is 355 g/mol. The summed E-state index contributed by atoms with van der Waals surface area (Å²) in [6.45, 7) is 3.75. The third-order valence-corrected chi connectivity index (χ3v) is 5.82. The maximum absolute atomic E-state index is 13.1. The zero-order valence-electron chi connectivity index (χ0n) is 13.9. The molecule has 6 heteroatoms. The Balaban J connectivity index is 1.62. The molecule has 1 amide bonds. The number of amides is 1. The number of carbonyl (C=O) groups excluding carboxylic acids is 1. The van der Waals surface area contributed by atoms with Gasteiger partial charge in [-0.2, -0.15) is 0 Å². The molecule has 0 aliphatic rings. The van der Waals surface area contributed by atoms with E-state index in [-0.39, 0.29) is 11.7 Å². The molecule has 1 N–H and O–H groups in total. The van der Waals surface area contributed by atoms with Gasteiger partial charge in [-0.15, -0.1) is 11.3 Å². The van der Waals surface area contributed by atoms with E-state index in [1.807, 2.05) is 24.4 Å². The lowest BCUT2D eigenvalue weighted by molar-refractivity contribution is 0.102. The van der Waals surface area contributed by atoms with Crippen LogP contribution in [0.5, 0.6) is 0 Å². The molecule has 0 bridgehead atoms. The Morgan fingerprint density at radius 3 is 2.60 bits per heavy atom. The summed E-state index contributed by atoms with van der Waals surface area (Å²) < 4.78 is 14.2. The second-order valence-electron chi connectivity index (χ2n) is 5.65. The fourth-order valence-corrected chi connectivity index (χ4v) is 4.06. The number of thioether (sulfide) groups is 1. The average Bonchev–Trinajstić information content (AvgIpc) is 3.01. The van der Waals surface area contributed by atoms with Gasteiger partial charge in [0.05, 0.1) is 0 Å². The molecule has 0 aliphatic heterocycles. The van der Waals surface area contributed by atoms with Crippen LogP contribution < -0.4 is 5.32 Å². The first-order chi connectivity index (χ1) is 12.0. The van der Waals surface area contributed by atoms with Gasteiger partial charge in [-0.3, -0.25) is 4.79 Å². The zero-order chi connectivity index (χ0) is 17.8. The maximum atomic E-state index is 13.1. The maximum Gasteiger partial charge on any atom is 0.255 e. The molecule has 1 aromatic heterocycles. The number of carbonyl (C=O) groups is 1. The highest BCUT2D eigenvalue weighted by atomic mass is 32.2. The van der Waals surface area contributed by atoms with Gasteiger partial charge in [0.1, 0.15) is 10.2 Å². The second-order valence-corrected chi connectivity index (χ2v) is 7.73. The van der Waals surface area contributed by atoms with E-state index in [1.165, 1.54) is 12.1 Å². The van der Waals surface area contributed by atoms with Gasteiger partial charge in [-0.1, -0.05) is 23.9 Å². The SMILES string of the molecule is Cc1csc(SCc2ccc(C(=O)Nc3ccc(F)cc3C)cc2)n1. The van der Waals surface area contributed by atoms with E-state index in [0.717, 1.165) is 21.3 Å². The molecule has 1 heterocycles. The van der Waals surface area contributed by atoms with Crippen LogP contribution in [0.4, 0.5) is 10.1 Å². The topological polar surface area (TPSA) is 42.0 Å². The number of rotatable bonds is 5. The minimum atomic E-state index is -0.312. The Hall–Kier alpha value is -2.18. The smallest absolute Gasteiger partial charge is 0.255 e. The third-order valence-electron chi connectivity index (χ3n) is 3.61. The van der Waals surface area contributed by atoms with Crippen LogP contribution in [0.15, 0.2) is 52.2 Å². The highest BCUT2D eigenvalue weighted by Gasteiger charge is 2.09. The Kier molecular flexibility index (Phi) is 5.50. The van der Waals surface area contributed by atoms with Crippen molar-refractivity contribution >= 4 is 34.7 Å². The van der Waals surface area contributed by atoms with Crippen LogP contribution in [-0.4, -0.2) is 10.9 Å². The number of nitrogens with zero attached hydrogens (tertiary/aromatic N) is 1. The van der Waals surface area contributed by atoms with E-state index in [4.69, 9.17) is 0 Å². The standard InChI is InChI=1S/C19H17FN2OS2/c1-12-9-16(20)7-8-17(12)22-18(23)15-5-3-14(4-6-15)11-25-19-21-13(2)10-24-19/h3-10H,11H2,1-2H3,(H,22,23). The molecule has 128 valence electrons. The molecule has 0 atom stereocenters. The van der Waals surface area contributed by atoms with Crippen molar-refractivity contribution in [3.8, 4) is 0 Å². The molecule has 0 saturated carbocycles. The average molecular weight is 372 g/mol. The van der Waals surface area contributed by atoms with Crippen LogP contribution in [-0.2, 0) is 5.75 Å². The third kappa shape index (κ3) is 4.67. The van der Waals surface area contributed by atoms with Gasteiger partial charge in [0.25, 0.3) is 5.91 Å². The highest BCUT2D eigenvalue weighted by Crippen LogP contribution is 2.26. The molecule has 2 aromatic carbocycles. The number of anilines is 1. The fourth-order valence-electron chi connectivity index (χ4n) is 2.26. The number of thiazole rings is 1. The summed E-state index contributed by atoms with van der Waals surface area (Å²) in [5.74, 6) is 0.295. The Morgan fingerprint density at radius 1 is 1.20 bits per heavy atom. The zero-order valence-corrected chi connectivity index (χ0v) is 15.5. The van der Waals surface area contributed by atoms with Crippen molar-refractivity contribution in [1.82, 2.24) is 4.98 Å². The van der Waals surface area contributed by atoms with Gasteiger partial charge in [0, 0.05) is 28.1 Å². The molecule has 3 aromatic rings. The van der Waals surface area contributed by atoms with E-state index in [0.29, 0.717) is 16.8 Å². The largest absolute Gasteiger partial charge is 0.322 e. The normalized spacial score (nSPS) is 10.7. The van der Waals surface area contributed by atoms with Crippen molar-refractivity contribution in [2.45, 2.75) is 23.9 Å². The minimum absolute atomic E-state index is 0.204. The molecule has 0 aliphatic carbocycles. The number of nitrogens with one attached hydrogen (secondary N) is 1. The van der Waals surface area contributed by atoms with Gasteiger partial charge >= 0.3 is 0 Å². The van der Waals surface area contributed by atoms with Gasteiger partial charge < -0.3 is 5.32 Å². The van der Waals surface area contributed by atoms with Crippen molar-refractivity contribution in [3.05, 3.63) is 76.0 Å². The summed E-state index contributed by atoms with van der Waals surface area (Å²) in [7, 11) is 0. The molecule has 0 fully saturated rings. The number of aromatic nitrogens is 1. The van der Waals surface area contributed by atoms with Gasteiger partial charge in [-0.25, -0.2) is 9.37 Å². The summed E-state index contributed by atoms with van der Waals surface area (Å²) in [5, 5.41) is 4.85. The number of hydrogen-bond acceptors (Lipinski definition) is 4. The quantitative estimate of drug-likeness (QED) is 0.606. The lowest BCUT2D eigenvalue weighted by Gasteiger charge is -2.09. The fraction of sp³-hybridized carbons (Fsp3) is 0.158. The first-order valence-corrected chi connectivity index (χ1v) is 9.59. The van der Waals surface area contributed by atoms with Crippen LogP contribution in [0.1, 0.15) is 27.2 Å². The lowest BCUT2D eigenvalue weighted by Crippen LogP contribution is -2.12. The van der Waals surface area contributed by atoms with Crippen molar-refractivity contribution in [3.63, 3.8) is 0 Å². The van der Waals surface area contributed by atoms with Crippen molar-refractivity contribution < 1.29 is 9.18 Å². The van der Waals surface area contributed by atoms with Crippen LogP contribution in [0.25, 0.3) is 0 Å². The van der Waals surface area contributed by atoms with Crippen LogP contribution in [0.2, 0.25) is 0 Å². The van der Waals surface area contributed by atoms with E-state index in [2.05, 4.69) is 10.3 Å².